The average Bonchev–Trinajstić information content (AvgIpc) is 3.41. The summed E-state index contributed by atoms with van der Waals surface area (Å²) >= 11 is 12.1. The second-order valence-corrected chi connectivity index (χ2v) is 9.53. The first-order valence-electron chi connectivity index (χ1n) is 12.3. The van der Waals surface area contributed by atoms with Gasteiger partial charge >= 0.3 is 0 Å². The zero-order valence-electron chi connectivity index (χ0n) is 21.4. The smallest absolute Gasteiger partial charge is 0.271 e. The van der Waals surface area contributed by atoms with E-state index in [0.717, 1.165) is 28.1 Å². The first-order chi connectivity index (χ1) is 19.5. The molecule has 1 amide bonds. The number of halogens is 2. The van der Waals surface area contributed by atoms with Crippen LogP contribution in [0.4, 0.5) is 0 Å². The summed E-state index contributed by atoms with van der Waals surface area (Å²) in [6.07, 6.45) is 3.45. The second kappa shape index (κ2) is 12.5. The highest BCUT2D eigenvalue weighted by Gasteiger charge is 2.12. The van der Waals surface area contributed by atoms with Crippen LogP contribution in [0.2, 0.25) is 10.0 Å². The Morgan fingerprint density at radius 3 is 2.38 bits per heavy atom. The summed E-state index contributed by atoms with van der Waals surface area (Å²) in [4.78, 5) is 12.7. The van der Waals surface area contributed by atoms with Gasteiger partial charge in [-0.1, -0.05) is 47.5 Å². The number of methoxy groups -OCH3 is 1. The molecule has 1 heterocycles. The number of benzene rings is 4. The van der Waals surface area contributed by atoms with Crippen LogP contribution < -0.4 is 14.9 Å². The molecular formula is C31H24Cl2N4O3. The second-order valence-electron chi connectivity index (χ2n) is 8.69. The van der Waals surface area contributed by atoms with E-state index in [-0.39, 0.29) is 12.5 Å². The highest BCUT2D eigenvalue weighted by molar-refractivity contribution is 6.35. The van der Waals surface area contributed by atoms with Crippen molar-refractivity contribution < 1.29 is 14.3 Å². The predicted octanol–water partition coefficient (Wildman–Crippen LogP) is 7.20. The van der Waals surface area contributed by atoms with E-state index in [9.17, 15) is 4.79 Å². The van der Waals surface area contributed by atoms with Gasteiger partial charge in [0, 0.05) is 38.5 Å². The van der Waals surface area contributed by atoms with Crippen LogP contribution in [-0.4, -0.2) is 29.0 Å². The number of hydrazone groups is 1. The molecule has 7 nitrogen and oxygen atoms in total. The number of ether oxygens (including phenoxy) is 2. The van der Waals surface area contributed by atoms with E-state index in [2.05, 4.69) is 10.5 Å². The Labute approximate surface area is 241 Å². The number of para-hydroxylation sites is 1. The molecule has 0 atom stereocenters. The molecule has 0 bridgehead atoms. The summed E-state index contributed by atoms with van der Waals surface area (Å²) in [6, 6.07) is 29.4. The summed E-state index contributed by atoms with van der Waals surface area (Å²) in [5, 5.41) is 10.1. The first kappa shape index (κ1) is 27.0. The zero-order chi connectivity index (χ0) is 27.9. The summed E-state index contributed by atoms with van der Waals surface area (Å²) in [6.45, 7) is 0.277. The summed E-state index contributed by atoms with van der Waals surface area (Å²) in [5.74, 6) is 0.993. The van der Waals surface area contributed by atoms with Gasteiger partial charge in [0.25, 0.3) is 5.91 Å². The number of nitrogens with one attached hydrogen (secondary N) is 1. The highest BCUT2D eigenvalue weighted by atomic mass is 35.5. The minimum atomic E-state index is -0.356. The summed E-state index contributed by atoms with van der Waals surface area (Å²) in [5.41, 5.74) is 7.07. The van der Waals surface area contributed by atoms with Gasteiger partial charge in [0.15, 0.2) is 0 Å². The average molecular weight is 571 g/mol. The molecule has 0 fully saturated rings. The van der Waals surface area contributed by atoms with Gasteiger partial charge in [-0.3, -0.25) is 4.79 Å². The number of hydrogen-bond donors (Lipinski definition) is 1. The van der Waals surface area contributed by atoms with Gasteiger partial charge < -0.3 is 9.47 Å². The molecule has 0 radical (unpaired) electrons. The Morgan fingerprint density at radius 2 is 1.68 bits per heavy atom. The largest absolute Gasteiger partial charge is 0.497 e. The van der Waals surface area contributed by atoms with Gasteiger partial charge in [0.05, 0.1) is 19.0 Å². The fraction of sp³-hybridized carbons (Fsp3) is 0.0645. The minimum Gasteiger partial charge on any atom is -0.497 e. The molecule has 5 rings (SSSR count). The van der Waals surface area contributed by atoms with E-state index in [1.54, 1.807) is 54.4 Å². The molecule has 1 N–H and O–H groups in total. The van der Waals surface area contributed by atoms with Crippen molar-refractivity contribution in [2.75, 3.05) is 7.11 Å². The van der Waals surface area contributed by atoms with Crippen LogP contribution in [-0.2, 0) is 6.61 Å². The normalized spacial score (nSPS) is 11.0. The lowest BCUT2D eigenvalue weighted by atomic mass is 10.1. The van der Waals surface area contributed by atoms with Crippen molar-refractivity contribution >= 4 is 35.3 Å². The SMILES string of the molecule is COc1ccc(-c2nn(-c3ccccc3)cc2/C=N\NC(=O)c2ccc(OCc3ccc(Cl)cc3Cl)cc2)cc1. The lowest BCUT2D eigenvalue weighted by Crippen LogP contribution is -2.17. The van der Waals surface area contributed by atoms with Crippen molar-refractivity contribution in [3.05, 3.63) is 130 Å². The quantitative estimate of drug-likeness (QED) is 0.150. The molecule has 40 heavy (non-hydrogen) atoms. The Balaban J connectivity index is 1.27. The third-order valence-corrected chi connectivity index (χ3v) is 6.61. The lowest BCUT2D eigenvalue weighted by molar-refractivity contribution is 0.0955. The molecule has 0 saturated heterocycles. The number of amides is 1. The van der Waals surface area contributed by atoms with Crippen molar-refractivity contribution in [1.29, 1.82) is 0 Å². The molecule has 0 aliphatic heterocycles. The number of aromatic nitrogens is 2. The fourth-order valence-electron chi connectivity index (χ4n) is 3.90. The van der Waals surface area contributed by atoms with E-state index in [1.807, 2.05) is 66.9 Å². The Morgan fingerprint density at radius 1 is 0.950 bits per heavy atom. The fourth-order valence-corrected chi connectivity index (χ4v) is 4.36. The van der Waals surface area contributed by atoms with E-state index >= 15 is 0 Å². The maximum absolute atomic E-state index is 12.7. The monoisotopic (exact) mass is 570 g/mol. The van der Waals surface area contributed by atoms with Gasteiger partial charge in [-0.05, 0) is 72.8 Å². The maximum Gasteiger partial charge on any atom is 0.271 e. The summed E-state index contributed by atoms with van der Waals surface area (Å²) in [7, 11) is 1.62. The molecule has 0 unspecified atom stereocenters. The van der Waals surface area contributed by atoms with Crippen molar-refractivity contribution in [1.82, 2.24) is 15.2 Å². The first-order valence-corrected chi connectivity index (χ1v) is 13.1. The van der Waals surface area contributed by atoms with Crippen molar-refractivity contribution in [2.24, 2.45) is 5.10 Å². The van der Waals surface area contributed by atoms with Gasteiger partial charge in [-0.2, -0.15) is 10.2 Å². The van der Waals surface area contributed by atoms with Gasteiger partial charge in [0.1, 0.15) is 23.8 Å². The number of rotatable bonds is 9. The van der Waals surface area contributed by atoms with Crippen LogP contribution in [0.1, 0.15) is 21.5 Å². The number of nitrogens with zero attached hydrogens (tertiary/aromatic N) is 3. The minimum absolute atomic E-state index is 0.277. The zero-order valence-corrected chi connectivity index (χ0v) is 22.9. The number of carbonyl (C=O) groups excluding carboxylic acids is 1. The molecule has 200 valence electrons. The number of hydrogen-bond acceptors (Lipinski definition) is 5. The van der Waals surface area contributed by atoms with Crippen molar-refractivity contribution in [2.45, 2.75) is 6.61 Å². The molecule has 0 aliphatic carbocycles. The van der Waals surface area contributed by atoms with Crippen LogP contribution in [0.25, 0.3) is 16.9 Å². The Hall–Kier alpha value is -4.59. The molecule has 1 aromatic heterocycles. The van der Waals surface area contributed by atoms with Crippen LogP contribution in [0.15, 0.2) is 108 Å². The molecule has 0 spiro atoms. The van der Waals surface area contributed by atoms with Crippen LogP contribution in [0.5, 0.6) is 11.5 Å². The molecule has 5 aromatic rings. The predicted molar refractivity (Wildman–Crippen MR) is 158 cm³/mol. The Kier molecular flexibility index (Phi) is 8.44. The Bertz CT molecular complexity index is 1630. The van der Waals surface area contributed by atoms with Gasteiger partial charge in [0.2, 0.25) is 0 Å². The van der Waals surface area contributed by atoms with Crippen LogP contribution >= 0.6 is 23.2 Å². The molecule has 4 aromatic carbocycles. The standard InChI is InChI=1S/C31H24Cl2N4O3/c1-39-27-13-8-21(9-14-27)30-24(19-37(36-30)26-5-3-2-4-6-26)18-34-35-31(38)22-10-15-28(16-11-22)40-20-23-7-12-25(32)17-29(23)33/h2-19H,20H2,1H3,(H,35,38)/b34-18-. The molecule has 0 aliphatic rings. The van der Waals surface area contributed by atoms with E-state index in [0.29, 0.717) is 27.1 Å². The van der Waals surface area contributed by atoms with E-state index in [4.69, 9.17) is 37.8 Å². The molecule has 0 saturated carbocycles. The third kappa shape index (κ3) is 6.51. The number of carbonyl (C=O) groups is 1. The van der Waals surface area contributed by atoms with E-state index < -0.39 is 0 Å². The van der Waals surface area contributed by atoms with Gasteiger partial charge in [-0.15, -0.1) is 0 Å². The van der Waals surface area contributed by atoms with Crippen molar-refractivity contribution in [3.8, 4) is 28.4 Å². The van der Waals surface area contributed by atoms with Crippen LogP contribution in [0.3, 0.4) is 0 Å². The summed E-state index contributed by atoms with van der Waals surface area (Å²) < 4.78 is 12.8. The van der Waals surface area contributed by atoms with Gasteiger partial charge in [-0.25, -0.2) is 10.1 Å². The van der Waals surface area contributed by atoms with Crippen LogP contribution in [0, 0.1) is 0 Å². The topological polar surface area (TPSA) is 77.7 Å². The highest BCUT2D eigenvalue weighted by Crippen LogP contribution is 2.25. The lowest BCUT2D eigenvalue weighted by Gasteiger charge is -2.08. The maximum atomic E-state index is 12.7. The molecule has 9 heteroatoms. The van der Waals surface area contributed by atoms with Crippen molar-refractivity contribution in [3.63, 3.8) is 0 Å². The molecular weight excluding hydrogens is 547 g/mol. The third-order valence-electron chi connectivity index (χ3n) is 6.02. The van der Waals surface area contributed by atoms with E-state index in [1.165, 1.54) is 0 Å².